The highest BCUT2D eigenvalue weighted by atomic mass is 35.5. The van der Waals surface area contributed by atoms with Gasteiger partial charge in [-0.05, 0) is 63.4 Å². The van der Waals surface area contributed by atoms with Crippen molar-refractivity contribution in [2.24, 2.45) is 0 Å². The number of halogens is 1. The quantitative estimate of drug-likeness (QED) is 0.706. The molecule has 1 atom stereocenters. The van der Waals surface area contributed by atoms with Crippen molar-refractivity contribution in [1.29, 1.82) is 0 Å². The van der Waals surface area contributed by atoms with Crippen LogP contribution >= 0.6 is 23.8 Å². The number of benzene rings is 2. The van der Waals surface area contributed by atoms with Crippen LogP contribution in [0.25, 0.3) is 0 Å². The third kappa shape index (κ3) is 5.10. The van der Waals surface area contributed by atoms with Crippen molar-refractivity contribution < 1.29 is 4.74 Å². The van der Waals surface area contributed by atoms with E-state index >= 15 is 0 Å². The number of likely N-dealkylation sites (N-methyl/N-ethyl adjacent to an activating group) is 1. The Morgan fingerprint density at radius 3 is 2.54 bits per heavy atom. The summed E-state index contributed by atoms with van der Waals surface area (Å²) in [6.07, 6.45) is 0. The van der Waals surface area contributed by atoms with Crippen LogP contribution in [0.3, 0.4) is 0 Å². The Kier molecular flexibility index (Phi) is 7.26. The van der Waals surface area contributed by atoms with Gasteiger partial charge in [-0.3, -0.25) is 0 Å². The van der Waals surface area contributed by atoms with Crippen molar-refractivity contribution in [2.45, 2.75) is 19.9 Å². The molecular formula is C20H26ClN3OS. The summed E-state index contributed by atoms with van der Waals surface area (Å²) in [5, 5.41) is 7.72. The Morgan fingerprint density at radius 2 is 1.92 bits per heavy atom. The maximum Gasteiger partial charge on any atom is 0.170 e. The largest absolute Gasteiger partial charge is 0.496 e. The summed E-state index contributed by atoms with van der Waals surface area (Å²) in [7, 11) is 5.76. The maximum atomic E-state index is 6.35. The lowest BCUT2D eigenvalue weighted by Gasteiger charge is -2.27. The number of thiocarbonyl (C=S) groups is 1. The lowest BCUT2D eigenvalue weighted by atomic mass is 10.0. The van der Waals surface area contributed by atoms with Crippen molar-refractivity contribution in [3.63, 3.8) is 0 Å². The third-order valence-corrected chi connectivity index (χ3v) is 4.79. The molecule has 0 bridgehead atoms. The van der Waals surface area contributed by atoms with Crippen molar-refractivity contribution in [1.82, 2.24) is 10.2 Å². The molecule has 26 heavy (non-hydrogen) atoms. The second-order valence-corrected chi connectivity index (χ2v) is 7.31. The molecule has 2 rings (SSSR count). The fraction of sp³-hybridized carbons (Fsp3) is 0.350. The number of rotatable bonds is 6. The first-order valence-corrected chi connectivity index (χ1v) is 9.23. The molecular weight excluding hydrogens is 366 g/mol. The Labute approximate surface area is 166 Å². The molecule has 0 saturated heterocycles. The summed E-state index contributed by atoms with van der Waals surface area (Å²) in [5.74, 6) is 0.865. The topological polar surface area (TPSA) is 36.5 Å². The van der Waals surface area contributed by atoms with E-state index in [2.05, 4.69) is 27.7 Å². The van der Waals surface area contributed by atoms with Gasteiger partial charge in [-0.15, -0.1) is 0 Å². The number of ether oxygens (including phenoxy) is 1. The summed E-state index contributed by atoms with van der Waals surface area (Å²) in [5.41, 5.74) is 4.14. The monoisotopic (exact) mass is 391 g/mol. The Hall–Kier alpha value is -1.82. The maximum absolute atomic E-state index is 6.35. The van der Waals surface area contributed by atoms with Gasteiger partial charge >= 0.3 is 0 Å². The minimum absolute atomic E-state index is 0.112. The van der Waals surface area contributed by atoms with Gasteiger partial charge in [0.25, 0.3) is 0 Å². The average Bonchev–Trinajstić information content (AvgIpc) is 2.58. The Morgan fingerprint density at radius 1 is 1.23 bits per heavy atom. The first kappa shape index (κ1) is 20.5. The van der Waals surface area contributed by atoms with Crippen LogP contribution in [0, 0.1) is 13.8 Å². The van der Waals surface area contributed by atoms with Gasteiger partial charge in [-0.25, -0.2) is 0 Å². The zero-order valence-corrected chi connectivity index (χ0v) is 17.5. The van der Waals surface area contributed by atoms with Gasteiger partial charge in [-0.2, -0.15) is 0 Å². The second kappa shape index (κ2) is 9.21. The standard InChI is InChI=1S/C20H26ClN3OS/c1-13-10-14(2)19(16(21)11-13)23-20(26)22-12-17(24(3)4)15-8-6-7-9-18(15)25-5/h6-11,17H,12H2,1-5H3,(H2,22,23,26). The van der Waals surface area contributed by atoms with E-state index < -0.39 is 0 Å². The van der Waals surface area contributed by atoms with Gasteiger partial charge in [0.05, 0.1) is 23.9 Å². The van der Waals surface area contributed by atoms with Crippen LogP contribution in [0.1, 0.15) is 22.7 Å². The molecule has 0 spiro atoms. The number of anilines is 1. The molecule has 4 nitrogen and oxygen atoms in total. The highest BCUT2D eigenvalue weighted by Crippen LogP contribution is 2.28. The number of nitrogens with one attached hydrogen (secondary N) is 2. The Bertz CT molecular complexity index is 756. The van der Waals surface area contributed by atoms with E-state index in [1.165, 1.54) is 0 Å². The van der Waals surface area contributed by atoms with E-state index in [4.69, 9.17) is 28.6 Å². The van der Waals surface area contributed by atoms with Crippen LogP contribution in [0.5, 0.6) is 5.75 Å². The van der Waals surface area contributed by atoms with Crippen LogP contribution in [0.15, 0.2) is 36.4 Å². The lowest BCUT2D eigenvalue weighted by Crippen LogP contribution is -2.37. The first-order chi connectivity index (χ1) is 12.3. The number of para-hydroxylation sites is 1. The van der Waals surface area contributed by atoms with Crippen molar-refractivity contribution in [2.75, 3.05) is 33.1 Å². The lowest BCUT2D eigenvalue weighted by molar-refractivity contribution is 0.288. The molecule has 2 aromatic carbocycles. The predicted octanol–water partition coefficient (Wildman–Crippen LogP) is 4.55. The Balaban J connectivity index is 2.09. The smallest absolute Gasteiger partial charge is 0.170 e. The number of hydrogen-bond acceptors (Lipinski definition) is 3. The van der Waals surface area contributed by atoms with Crippen LogP contribution < -0.4 is 15.4 Å². The van der Waals surface area contributed by atoms with E-state index in [-0.39, 0.29) is 6.04 Å². The van der Waals surface area contributed by atoms with Gasteiger partial charge in [0, 0.05) is 12.1 Å². The highest BCUT2D eigenvalue weighted by Gasteiger charge is 2.18. The molecule has 0 heterocycles. The fourth-order valence-corrected chi connectivity index (χ4v) is 3.49. The van der Waals surface area contributed by atoms with E-state index in [9.17, 15) is 0 Å². The zero-order chi connectivity index (χ0) is 19.3. The fourth-order valence-electron chi connectivity index (χ4n) is 2.93. The summed E-state index contributed by atoms with van der Waals surface area (Å²) >= 11 is 11.8. The number of aryl methyl sites for hydroxylation is 2. The van der Waals surface area contributed by atoms with Gasteiger partial charge in [0.1, 0.15) is 5.75 Å². The average molecular weight is 392 g/mol. The van der Waals surface area contributed by atoms with Crippen molar-refractivity contribution in [3.05, 3.63) is 58.1 Å². The van der Waals surface area contributed by atoms with Gasteiger partial charge in [-0.1, -0.05) is 35.9 Å². The molecule has 0 aliphatic carbocycles. The van der Waals surface area contributed by atoms with Crippen molar-refractivity contribution >= 4 is 34.6 Å². The number of nitrogens with zero attached hydrogens (tertiary/aromatic N) is 1. The first-order valence-electron chi connectivity index (χ1n) is 8.44. The molecule has 0 fully saturated rings. The molecule has 6 heteroatoms. The van der Waals surface area contributed by atoms with E-state index in [0.717, 1.165) is 28.1 Å². The molecule has 0 aliphatic rings. The molecule has 2 N–H and O–H groups in total. The minimum atomic E-state index is 0.112. The van der Waals surface area contributed by atoms with Crippen LogP contribution in [-0.2, 0) is 0 Å². The number of hydrogen-bond donors (Lipinski definition) is 2. The molecule has 0 aromatic heterocycles. The van der Waals surface area contributed by atoms with Gasteiger partial charge in [0.2, 0.25) is 0 Å². The van der Waals surface area contributed by atoms with Crippen LogP contribution in [-0.4, -0.2) is 37.8 Å². The summed E-state index contributed by atoms with van der Waals surface area (Å²) in [6, 6.07) is 12.1. The molecule has 0 amide bonds. The van der Waals surface area contributed by atoms with E-state index in [0.29, 0.717) is 16.7 Å². The van der Waals surface area contributed by atoms with Crippen LogP contribution in [0.2, 0.25) is 5.02 Å². The molecule has 2 aromatic rings. The summed E-state index contributed by atoms with van der Waals surface area (Å²) < 4.78 is 5.50. The molecule has 0 saturated carbocycles. The van der Waals surface area contributed by atoms with Crippen molar-refractivity contribution in [3.8, 4) is 5.75 Å². The minimum Gasteiger partial charge on any atom is -0.496 e. The molecule has 0 radical (unpaired) electrons. The number of methoxy groups -OCH3 is 1. The summed E-state index contributed by atoms with van der Waals surface area (Å²) in [6.45, 7) is 4.68. The predicted molar refractivity (Wildman–Crippen MR) is 115 cm³/mol. The van der Waals surface area contributed by atoms with Gasteiger partial charge in [0.15, 0.2) is 5.11 Å². The normalized spacial score (nSPS) is 12.0. The SMILES string of the molecule is COc1ccccc1C(CNC(=S)Nc1c(C)cc(C)cc1Cl)N(C)C. The highest BCUT2D eigenvalue weighted by molar-refractivity contribution is 7.80. The molecule has 140 valence electrons. The van der Waals surface area contributed by atoms with E-state index in [1.807, 2.05) is 52.2 Å². The second-order valence-electron chi connectivity index (χ2n) is 6.50. The summed E-state index contributed by atoms with van der Waals surface area (Å²) in [4.78, 5) is 2.14. The van der Waals surface area contributed by atoms with Gasteiger partial charge < -0.3 is 20.3 Å². The molecule has 1 unspecified atom stereocenters. The third-order valence-electron chi connectivity index (χ3n) is 4.25. The molecule has 0 aliphatic heterocycles. The van der Waals surface area contributed by atoms with Crippen LogP contribution in [0.4, 0.5) is 5.69 Å². The zero-order valence-electron chi connectivity index (χ0n) is 15.9. The van der Waals surface area contributed by atoms with E-state index in [1.54, 1.807) is 7.11 Å².